The minimum Gasteiger partial charge on any atom is -0.496 e. The summed E-state index contributed by atoms with van der Waals surface area (Å²) in [6.07, 6.45) is 1.48. The quantitative estimate of drug-likeness (QED) is 0.809. The first-order valence-electron chi connectivity index (χ1n) is 8.79. The van der Waals surface area contributed by atoms with Crippen LogP contribution in [-0.4, -0.2) is 38.1 Å². The molecule has 3 rings (SSSR count). The van der Waals surface area contributed by atoms with E-state index in [0.29, 0.717) is 6.42 Å². The highest BCUT2D eigenvalue weighted by molar-refractivity contribution is 5.95. The maximum atomic E-state index is 12.6. The summed E-state index contributed by atoms with van der Waals surface area (Å²) in [4.78, 5) is 16.7. The second-order valence-corrected chi connectivity index (χ2v) is 6.73. The standard InChI is InChI=1S/C21H26N2O2/c1-16-8-9-20(25-3)18(14-16)15-22(2)12-11-21(24)23-13-10-17-6-4-5-7-19(17)23/h4-9,14H,10-13,15H2,1-3H3. The lowest BCUT2D eigenvalue weighted by molar-refractivity contribution is -0.118. The van der Waals surface area contributed by atoms with Crippen molar-refractivity contribution in [2.75, 3.05) is 32.1 Å². The van der Waals surface area contributed by atoms with Gasteiger partial charge in [-0.05, 0) is 38.1 Å². The van der Waals surface area contributed by atoms with Gasteiger partial charge in [0.25, 0.3) is 0 Å². The summed E-state index contributed by atoms with van der Waals surface area (Å²) in [6.45, 7) is 4.38. The molecule has 2 aromatic carbocycles. The van der Waals surface area contributed by atoms with Crippen molar-refractivity contribution in [2.24, 2.45) is 0 Å². The fraction of sp³-hybridized carbons (Fsp3) is 0.381. The summed E-state index contributed by atoms with van der Waals surface area (Å²) in [5, 5.41) is 0. The molecule has 0 unspecified atom stereocenters. The number of anilines is 1. The molecule has 0 fully saturated rings. The Kier molecular flexibility index (Phi) is 5.39. The largest absolute Gasteiger partial charge is 0.496 e. The Morgan fingerprint density at radius 1 is 1.24 bits per heavy atom. The van der Waals surface area contributed by atoms with Gasteiger partial charge >= 0.3 is 0 Å². The summed E-state index contributed by atoms with van der Waals surface area (Å²) in [6, 6.07) is 14.4. The maximum absolute atomic E-state index is 12.6. The lowest BCUT2D eigenvalue weighted by Gasteiger charge is -2.21. The van der Waals surface area contributed by atoms with Crippen LogP contribution in [0.3, 0.4) is 0 Å². The van der Waals surface area contributed by atoms with E-state index in [-0.39, 0.29) is 5.91 Å². The van der Waals surface area contributed by atoms with Crippen molar-refractivity contribution in [3.05, 3.63) is 59.2 Å². The Morgan fingerprint density at radius 2 is 2.04 bits per heavy atom. The molecule has 0 radical (unpaired) electrons. The molecule has 0 atom stereocenters. The van der Waals surface area contributed by atoms with Crippen LogP contribution in [0.15, 0.2) is 42.5 Å². The van der Waals surface area contributed by atoms with Crippen molar-refractivity contribution in [1.82, 2.24) is 4.90 Å². The van der Waals surface area contributed by atoms with Crippen LogP contribution in [0, 0.1) is 6.92 Å². The third kappa shape index (κ3) is 4.02. The van der Waals surface area contributed by atoms with Gasteiger partial charge in [0, 0.05) is 37.3 Å². The molecule has 1 aliphatic heterocycles. The molecule has 1 amide bonds. The molecule has 0 aromatic heterocycles. The van der Waals surface area contributed by atoms with Crippen molar-refractivity contribution in [2.45, 2.75) is 26.3 Å². The van der Waals surface area contributed by atoms with Crippen molar-refractivity contribution in [3.63, 3.8) is 0 Å². The van der Waals surface area contributed by atoms with Crippen LogP contribution in [0.2, 0.25) is 0 Å². The molecule has 2 aromatic rings. The average molecular weight is 338 g/mol. The summed E-state index contributed by atoms with van der Waals surface area (Å²) in [5.74, 6) is 1.10. The summed E-state index contributed by atoms with van der Waals surface area (Å²) in [7, 11) is 3.75. The molecule has 1 heterocycles. The molecule has 0 aliphatic carbocycles. The zero-order chi connectivity index (χ0) is 17.8. The van der Waals surface area contributed by atoms with Crippen molar-refractivity contribution in [1.29, 1.82) is 0 Å². The van der Waals surface area contributed by atoms with Crippen molar-refractivity contribution in [3.8, 4) is 5.75 Å². The minimum absolute atomic E-state index is 0.202. The fourth-order valence-corrected chi connectivity index (χ4v) is 3.42. The van der Waals surface area contributed by atoms with E-state index >= 15 is 0 Å². The Hall–Kier alpha value is -2.33. The Balaban J connectivity index is 1.57. The molecule has 4 heteroatoms. The molecule has 0 saturated carbocycles. The first-order valence-corrected chi connectivity index (χ1v) is 8.79. The molecule has 4 nitrogen and oxygen atoms in total. The molecule has 0 N–H and O–H groups in total. The lowest BCUT2D eigenvalue weighted by Crippen LogP contribution is -2.32. The Bertz CT molecular complexity index is 757. The molecule has 132 valence electrons. The number of hydrogen-bond acceptors (Lipinski definition) is 3. The highest BCUT2D eigenvalue weighted by Gasteiger charge is 2.23. The van der Waals surface area contributed by atoms with Gasteiger partial charge in [-0.15, -0.1) is 0 Å². The van der Waals surface area contributed by atoms with Gasteiger partial charge in [0.1, 0.15) is 5.75 Å². The molecule has 1 aliphatic rings. The van der Waals surface area contributed by atoms with Crippen LogP contribution in [0.25, 0.3) is 0 Å². The number of amides is 1. The number of rotatable bonds is 6. The predicted octanol–water partition coefficient (Wildman–Crippen LogP) is 3.41. The lowest BCUT2D eigenvalue weighted by atomic mass is 10.1. The third-order valence-electron chi connectivity index (χ3n) is 4.77. The molecule has 0 saturated heterocycles. The second-order valence-electron chi connectivity index (χ2n) is 6.73. The molecular weight excluding hydrogens is 312 g/mol. The zero-order valence-corrected chi connectivity index (χ0v) is 15.3. The molecule has 25 heavy (non-hydrogen) atoms. The number of ether oxygens (including phenoxy) is 1. The molecule has 0 spiro atoms. The first-order chi connectivity index (χ1) is 12.1. The van der Waals surface area contributed by atoms with Crippen molar-refractivity contribution < 1.29 is 9.53 Å². The topological polar surface area (TPSA) is 32.8 Å². The van der Waals surface area contributed by atoms with Crippen LogP contribution in [-0.2, 0) is 17.8 Å². The van der Waals surface area contributed by atoms with E-state index in [1.807, 2.05) is 36.2 Å². The Labute approximate surface area is 150 Å². The monoisotopic (exact) mass is 338 g/mol. The highest BCUT2D eigenvalue weighted by Crippen LogP contribution is 2.28. The van der Waals surface area contributed by atoms with Crippen molar-refractivity contribution >= 4 is 11.6 Å². The number of fused-ring (bicyclic) bond motifs is 1. The van der Waals surface area contributed by atoms with E-state index in [9.17, 15) is 4.79 Å². The van der Waals surface area contributed by atoms with Crippen LogP contribution < -0.4 is 9.64 Å². The van der Waals surface area contributed by atoms with E-state index in [1.54, 1.807) is 7.11 Å². The van der Waals surface area contributed by atoms with Gasteiger partial charge < -0.3 is 14.5 Å². The van der Waals surface area contributed by atoms with Crippen LogP contribution >= 0.6 is 0 Å². The highest BCUT2D eigenvalue weighted by atomic mass is 16.5. The van der Waals surface area contributed by atoms with Gasteiger partial charge in [-0.1, -0.05) is 35.9 Å². The first kappa shape index (κ1) is 17.5. The van der Waals surface area contributed by atoms with Gasteiger partial charge in [0.05, 0.1) is 7.11 Å². The summed E-state index contributed by atoms with van der Waals surface area (Å²) < 4.78 is 5.45. The number of carbonyl (C=O) groups excluding carboxylic acids is 1. The predicted molar refractivity (Wildman–Crippen MR) is 101 cm³/mol. The third-order valence-corrected chi connectivity index (χ3v) is 4.77. The number of benzene rings is 2. The minimum atomic E-state index is 0.202. The summed E-state index contributed by atoms with van der Waals surface area (Å²) >= 11 is 0. The smallest absolute Gasteiger partial charge is 0.228 e. The maximum Gasteiger partial charge on any atom is 0.228 e. The van der Waals surface area contributed by atoms with Crippen LogP contribution in [0.5, 0.6) is 5.75 Å². The van der Waals surface area contributed by atoms with E-state index < -0.39 is 0 Å². The van der Waals surface area contributed by atoms with Gasteiger partial charge in [0.15, 0.2) is 0 Å². The van der Waals surface area contributed by atoms with Gasteiger partial charge in [-0.2, -0.15) is 0 Å². The number of carbonyl (C=O) groups is 1. The Morgan fingerprint density at radius 3 is 2.84 bits per heavy atom. The molecule has 0 bridgehead atoms. The number of methoxy groups -OCH3 is 1. The number of nitrogens with zero attached hydrogens (tertiary/aromatic N) is 2. The van der Waals surface area contributed by atoms with Gasteiger partial charge in [0.2, 0.25) is 5.91 Å². The van der Waals surface area contributed by atoms with Gasteiger partial charge in [-0.3, -0.25) is 4.79 Å². The normalized spacial score (nSPS) is 13.2. The second kappa shape index (κ2) is 7.70. The number of hydrogen-bond donors (Lipinski definition) is 0. The fourth-order valence-electron chi connectivity index (χ4n) is 3.42. The van der Waals surface area contributed by atoms with Crippen LogP contribution in [0.1, 0.15) is 23.1 Å². The zero-order valence-electron chi connectivity index (χ0n) is 15.3. The van der Waals surface area contributed by atoms with E-state index in [1.165, 1.54) is 11.1 Å². The average Bonchev–Trinajstić information content (AvgIpc) is 3.04. The summed E-state index contributed by atoms with van der Waals surface area (Å²) in [5.41, 5.74) is 4.72. The van der Waals surface area contributed by atoms with E-state index in [2.05, 4.69) is 30.0 Å². The van der Waals surface area contributed by atoms with Crippen LogP contribution in [0.4, 0.5) is 5.69 Å². The number of para-hydroxylation sites is 1. The molecular formula is C21H26N2O2. The van der Waals surface area contributed by atoms with E-state index in [0.717, 1.165) is 43.1 Å². The SMILES string of the molecule is COc1ccc(C)cc1CN(C)CCC(=O)N1CCc2ccccc21. The number of aryl methyl sites for hydroxylation is 1. The van der Waals surface area contributed by atoms with Gasteiger partial charge in [-0.25, -0.2) is 0 Å². The van der Waals surface area contributed by atoms with E-state index in [4.69, 9.17) is 4.74 Å².